The first kappa shape index (κ1) is 56.1. The summed E-state index contributed by atoms with van der Waals surface area (Å²) < 4.78 is 83.1. The zero-order valence-corrected chi connectivity index (χ0v) is 44.3. The lowest BCUT2D eigenvalue weighted by Crippen LogP contribution is -2.34. The second-order valence-corrected chi connectivity index (χ2v) is 23.4. The second-order valence-electron chi connectivity index (χ2n) is 19.6. The number of hydrogen-bond acceptors (Lipinski definition) is 13. The molecular weight excluding hydrogens is 1010 g/mol. The van der Waals surface area contributed by atoms with Crippen molar-refractivity contribution >= 4 is 67.1 Å². The van der Waals surface area contributed by atoms with Crippen molar-refractivity contribution in [3.8, 4) is 5.75 Å². The molecule has 1 aliphatic carbocycles. The maximum Gasteiger partial charge on any atom is 0.335 e. The number of benzene rings is 3. The molecule has 3 aliphatic heterocycles. The molecule has 0 saturated heterocycles. The fourth-order valence-corrected chi connectivity index (χ4v) is 11.8. The fourth-order valence-electron chi connectivity index (χ4n) is 10.4. The van der Waals surface area contributed by atoms with E-state index < -0.39 is 42.8 Å². The summed E-state index contributed by atoms with van der Waals surface area (Å²) in [5, 5.41) is 28.3. The number of carbonyl (C=O) groups excluding carboxylic acids is 2. The molecule has 3 aromatic carbocycles. The first-order chi connectivity index (χ1) is 35.2. The molecule has 2 amide bonds. The largest absolute Gasteiger partial charge is 0.478 e. The van der Waals surface area contributed by atoms with Crippen molar-refractivity contribution in [2.45, 2.75) is 125 Å². The van der Waals surface area contributed by atoms with Gasteiger partial charge in [0.2, 0.25) is 17.5 Å². The average Bonchev–Trinajstić information content (AvgIpc) is 3.71. The number of ether oxygens (including phenoxy) is 1. The minimum atomic E-state index is -4.64. The Bertz CT molecular complexity index is 3000. The van der Waals surface area contributed by atoms with Gasteiger partial charge < -0.3 is 25.4 Å². The van der Waals surface area contributed by atoms with Crippen LogP contribution < -0.4 is 20.3 Å². The number of fused-ring (bicyclic) bond motifs is 6. The lowest BCUT2D eigenvalue weighted by molar-refractivity contribution is -0.438. The number of carbonyl (C=O) groups is 3. The van der Waals surface area contributed by atoms with Crippen molar-refractivity contribution in [1.29, 1.82) is 0 Å². The molecule has 2 bridgehead atoms. The highest BCUT2D eigenvalue weighted by molar-refractivity contribution is 7.94. The van der Waals surface area contributed by atoms with Crippen molar-refractivity contribution in [3.05, 3.63) is 124 Å². The Hall–Kier alpha value is -5.65. The van der Waals surface area contributed by atoms with Crippen LogP contribution in [0.1, 0.15) is 126 Å². The summed E-state index contributed by atoms with van der Waals surface area (Å²) in [5.41, 5.74) is 5.18. The molecule has 74 heavy (non-hydrogen) atoms. The zero-order valence-electron chi connectivity index (χ0n) is 41.8. The van der Waals surface area contributed by atoms with E-state index in [2.05, 4.69) is 46.2 Å². The number of anilines is 1. The van der Waals surface area contributed by atoms with Gasteiger partial charge in [-0.05, 0) is 156 Å². The van der Waals surface area contributed by atoms with E-state index in [4.69, 9.17) is 14.3 Å². The van der Waals surface area contributed by atoms with Gasteiger partial charge in [-0.15, -0.1) is 4.33 Å². The third-order valence-electron chi connectivity index (χ3n) is 14.1. The lowest BCUT2D eigenvalue weighted by atomic mass is 9.77. The number of hydrogen-bond donors (Lipinski definition) is 6. The molecule has 398 valence electrons. The van der Waals surface area contributed by atoms with Crippen LogP contribution in [0.3, 0.4) is 0 Å². The summed E-state index contributed by atoms with van der Waals surface area (Å²) in [6.45, 7) is 7.56. The molecule has 0 aromatic heterocycles. The maximum absolute atomic E-state index is 12.9. The quantitative estimate of drug-likeness (QED) is 0.0344. The number of rotatable bonds is 11. The molecular formula is C53H65N4O14S3+. The van der Waals surface area contributed by atoms with E-state index in [9.17, 15) is 45.4 Å². The molecule has 0 saturated carbocycles. The minimum absolute atomic E-state index is 0.0255. The Morgan fingerprint density at radius 1 is 0.797 bits per heavy atom. The van der Waals surface area contributed by atoms with E-state index in [0.717, 1.165) is 59.4 Å². The molecule has 4 aliphatic rings. The summed E-state index contributed by atoms with van der Waals surface area (Å²) in [6, 6.07) is 16.4. The summed E-state index contributed by atoms with van der Waals surface area (Å²) >= 11 is 0.872. The van der Waals surface area contributed by atoms with Crippen molar-refractivity contribution in [2.75, 3.05) is 36.8 Å². The van der Waals surface area contributed by atoms with Crippen LogP contribution in [0.5, 0.6) is 5.75 Å². The molecule has 0 fully saturated rings. The molecule has 21 heteroatoms. The van der Waals surface area contributed by atoms with Crippen molar-refractivity contribution in [3.63, 3.8) is 0 Å². The van der Waals surface area contributed by atoms with Crippen LogP contribution in [0.2, 0.25) is 0 Å². The first-order valence-corrected chi connectivity index (χ1v) is 28.7. The number of carboxylic acid groups (broad SMARTS) is 1. The van der Waals surface area contributed by atoms with Crippen LogP contribution in [-0.4, -0.2) is 96.3 Å². The molecule has 1 unspecified atom stereocenters. The highest BCUT2D eigenvalue weighted by Crippen LogP contribution is 2.52. The molecule has 3 aromatic rings. The van der Waals surface area contributed by atoms with Crippen LogP contribution in [0.25, 0.3) is 0 Å². The summed E-state index contributed by atoms with van der Waals surface area (Å²) in [4.78, 5) is 39.9. The van der Waals surface area contributed by atoms with Crippen LogP contribution in [0, 0.1) is 0 Å². The molecule has 7 rings (SSSR count). The zero-order chi connectivity index (χ0) is 53.3. The Morgan fingerprint density at radius 2 is 1.50 bits per heavy atom. The Balaban J connectivity index is 1.38. The van der Waals surface area contributed by atoms with E-state index in [1.807, 2.05) is 42.2 Å². The Morgan fingerprint density at radius 3 is 2.16 bits per heavy atom. The summed E-state index contributed by atoms with van der Waals surface area (Å²) in [7, 11) is -8.98. The molecule has 0 spiro atoms. The van der Waals surface area contributed by atoms with Gasteiger partial charge in [-0.1, -0.05) is 24.0 Å². The standard InChI is InChI=1S/C53H64N4O14S3/c1-52(2)42-34-40(72-71-70-62)22-24-44(42)56-31-9-5-7-15-49(59)55-30-29-54-48(58)14-6-4-8-28-53(3)43-35-41(74(66,67)68)23-25-45(43)57(32-11-33-73(63,64)65)47(53)27-19-37-13-10-12-36(18-26-46(52)56)50(37)69-39-20-16-38(17-21-39)51(60)61/h16-27,34-35H,4-15,28-33H2,1-3H3,(H5-,54,55,58,59,60,61,62,63,64,65,66,67,68)/p+1. The molecule has 3 heterocycles. The van der Waals surface area contributed by atoms with Gasteiger partial charge in [-0.3, -0.25) is 18.7 Å². The van der Waals surface area contributed by atoms with Crippen molar-refractivity contribution in [1.82, 2.24) is 10.6 Å². The van der Waals surface area contributed by atoms with Gasteiger partial charge >= 0.3 is 5.97 Å². The number of aromatic carboxylic acids is 1. The lowest BCUT2D eigenvalue weighted by Gasteiger charge is -2.31. The molecule has 1 atom stereocenters. The van der Waals surface area contributed by atoms with Gasteiger partial charge in [0.1, 0.15) is 18.1 Å². The number of nitrogens with one attached hydrogen (secondary N) is 2. The summed E-state index contributed by atoms with van der Waals surface area (Å²) in [5.74, 6) is -0.912. The Labute approximate surface area is 436 Å². The van der Waals surface area contributed by atoms with Gasteiger partial charge in [0.05, 0.1) is 33.7 Å². The predicted octanol–water partition coefficient (Wildman–Crippen LogP) is 9.13. The SMILES string of the molecule is CC1(C)C2=[N+](CCCCCC(=O)NCCNC(=O)CCCCCC3(C)/C(=C/C=C4\CCCC(=C4Oc4ccc(C(=O)O)cc4)C=C2)N(CCCS(=O)(=O)O)c2ccc(S(=O)(=O)O)cc23)c2ccc(SOOO)cc21. The fraction of sp³-hybridized carbons (Fsp3) is 0.434. The number of carboxylic acids is 1. The Kier molecular flexibility index (Phi) is 18.5. The van der Waals surface area contributed by atoms with E-state index in [0.29, 0.717) is 97.8 Å². The van der Waals surface area contributed by atoms with E-state index in [1.54, 1.807) is 18.2 Å². The van der Waals surface area contributed by atoms with Gasteiger partial charge in [-0.25, -0.2) is 10.1 Å². The van der Waals surface area contributed by atoms with Crippen LogP contribution in [0.15, 0.2) is 117 Å². The topological polar surface area (TPSA) is 258 Å². The highest BCUT2D eigenvalue weighted by atomic mass is 32.2. The van der Waals surface area contributed by atoms with Crippen LogP contribution in [0.4, 0.5) is 11.4 Å². The number of amides is 2. The van der Waals surface area contributed by atoms with Gasteiger partial charge in [0.25, 0.3) is 20.2 Å². The van der Waals surface area contributed by atoms with E-state index in [-0.39, 0.29) is 48.2 Å². The monoisotopic (exact) mass is 1080 g/mol. The average molecular weight is 1080 g/mol. The van der Waals surface area contributed by atoms with Crippen molar-refractivity contribution < 1.29 is 69.4 Å². The second kappa shape index (κ2) is 24.3. The van der Waals surface area contributed by atoms with Gasteiger partial charge in [0.15, 0.2) is 5.71 Å². The molecule has 6 N–H and O–H groups in total. The molecule has 18 nitrogen and oxygen atoms in total. The third kappa shape index (κ3) is 13.8. The smallest absolute Gasteiger partial charge is 0.335 e. The maximum atomic E-state index is 12.9. The van der Waals surface area contributed by atoms with Gasteiger partial charge in [-0.2, -0.15) is 21.4 Å². The van der Waals surface area contributed by atoms with Crippen molar-refractivity contribution in [2.24, 2.45) is 0 Å². The minimum Gasteiger partial charge on any atom is -0.478 e. The highest BCUT2D eigenvalue weighted by Gasteiger charge is 2.45. The number of nitrogens with zero attached hydrogens (tertiary/aromatic N) is 2. The first-order valence-electron chi connectivity index (χ1n) is 24.9. The van der Waals surface area contributed by atoms with E-state index >= 15 is 0 Å². The molecule has 0 radical (unpaired) electrons. The normalized spacial score (nSPS) is 21.9. The summed E-state index contributed by atoms with van der Waals surface area (Å²) in [6.07, 6.45) is 15.0. The predicted molar refractivity (Wildman–Crippen MR) is 280 cm³/mol. The van der Waals surface area contributed by atoms with Gasteiger partial charge in [0, 0.05) is 78.3 Å². The van der Waals surface area contributed by atoms with E-state index in [1.165, 1.54) is 24.3 Å². The van der Waals surface area contributed by atoms with Crippen LogP contribution >= 0.6 is 12.0 Å². The third-order valence-corrected chi connectivity index (χ3v) is 16.4. The van der Waals surface area contributed by atoms with Crippen LogP contribution in [-0.2, 0) is 50.0 Å². The number of allylic oxidation sites excluding steroid dienone is 7.